The van der Waals surface area contributed by atoms with E-state index >= 15 is 0 Å². The van der Waals surface area contributed by atoms with Crippen LogP contribution in [0.3, 0.4) is 0 Å². The maximum absolute atomic E-state index is 11.4. The lowest BCUT2D eigenvalue weighted by molar-refractivity contribution is -0.116. The molecule has 0 saturated carbocycles. The number of hydrogen-bond donors (Lipinski definition) is 3. The van der Waals surface area contributed by atoms with E-state index in [1.54, 1.807) is 6.07 Å². The van der Waals surface area contributed by atoms with Gasteiger partial charge < -0.3 is 16.8 Å². The number of aromatic nitrogens is 1. The summed E-state index contributed by atoms with van der Waals surface area (Å²) in [5.74, 6) is 0.483. The third-order valence-electron chi connectivity index (χ3n) is 4.53. The Morgan fingerprint density at radius 1 is 1.03 bits per heavy atom. The van der Waals surface area contributed by atoms with Crippen LogP contribution in [0.4, 0.5) is 17.2 Å². The summed E-state index contributed by atoms with van der Waals surface area (Å²) in [6.07, 6.45) is 1.13. The van der Waals surface area contributed by atoms with Gasteiger partial charge in [0.2, 0.25) is 0 Å². The number of anilines is 3. The van der Waals surface area contributed by atoms with Crippen molar-refractivity contribution in [1.82, 2.24) is 4.98 Å². The molecule has 0 unspecified atom stereocenters. The molecule has 0 radical (unpaired) electrons. The van der Waals surface area contributed by atoms with Gasteiger partial charge in [0.15, 0.2) is 0 Å². The highest BCUT2D eigenvalue weighted by Crippen LogP contribution is 2.31. The van der Waals surface area contributed by atoms with Crippen LogP contribution in [0.1, 0.15) is 17.7 Å². The van der Waals surface area contributed by atoms with Crippen LogP contribution in [-0.4, -0.2) is 16.6 Å². The number of ketones is 1. The molecule has 7 heteroatoms. The van der Waals surface area contributed by atoms with Crippen LogP contribution in [-0.2, 0) is 17.8 Å². The molecular weight excluding hydrogens is 407 g/mol. The number of pyridine rings is 1. The molecule has 0 aliphatic carbocycles. The molecule has 5 nitrogen and oxygen atoms in total. The number of alkyl halides is 1. The summed E-state index contributed by atoms with van der Waals surface area (Å²) in [4.78, 5) is 15.8. The lowest BCUT2D eigenvalue weighted by Gasteiger charge is -2.15. The highest BCUT2D eigenvalue weighted by molar-refractivity contribution is 6.30. The molecular formula is C22H22Cl2N4O. The van der Waals surface area contributed by atoms with Gasteiger partial charge in [0.1, 0.15) is 11.6 Å². The Bertz CT molecular complexity index is 989. The van der Waals surface area contributed by atoms with Crippen molar-refractivity contribution < 1.29 is 4.79 Å². The number of nitrogens with one attached hydrogen (secondary N) is 1. The first-order valence-corrected chi connectivity index (χ1v) is 10.1. The zero-order valence-corrected chi connectivity index (χ0v) is 17.3. The first-order chi connectivity index (χ1) is 14.0. The molecule has 1 aromatic heterocycles. The summed E-state index contributed by atoms with van der Waals surface area (Å²) in [5, 5.41) is 4.01. The highest BCUT2D eigenvalue weighted by atomic mass is 35.5. The molecule has 0 amide bonds. The lowest BCUT2D eigenvalue weighted by Crippen LogP contribution is -2.08. The third-order valence-corrected chi connectivity index (χ3v) is 5.08. The van der Waals surface area contributed by atoms with E-state index in [1.807, 2.05) is 48.5 Å². The number of aryl methyl sites for hydroxylation is 1. The largest absolute Gasteiger partial charge is 0.398 e. The molecule has 3 aromatic rings. The SMILES string of the molecule is Nc1cc(N)c(-c2ccc(Cl)cc2)c(CNc2ccc(CCC(=O)CCl)cc2)n1. The Morgan fingerprint density at radius 2 is 1.72 bits per heavy atom. The van der Waals surface area contributed by atoms with Gasteiger partial charge in [-0.2, -0.15) is 0 Å². The number of carbonyl (C=O) groups excluding carboxylic acids is 1. The Balaban J connectivity index is 1.75. The molecule has 3 rings (SSSR count). The monoisotopic (exact) mass is 428 g/mol. The van der Waals surface area contributed by atoms with E-state index < -0.39 is 0 Å². The number of halogens is 2. The molecule has 0 saturated heterocycles. The van der Waals surface area contributed by atoms with Crippen molar-refractivity contribution >= 4 is 46.2 Å². The van der Waals surface area contributed by atoms with E-state index in [1.165, 1.54) is 0 Å². The normalized spacial score (nSPS) is 10.7. The highest BCUT2D eigenvalue weighted by Gasteiger charge is 2.12. The van der Waals surface area contributed by atoms with Crippen LogP contribution in [0.2, 0.25) is 5.02 Å². The van der Waals surface area contributed by atoms with Crippen LogP contribution in [0, 0.1) is 0 Å². The predicted octanol–water partition coefficient (Wildman–Crippen LogP) is 4.92. The van der Waals surface area contributed by atoms with E-state index in [9.17, 15) is 4.79 Å². The third kappa shape index (κ3) is 5.62. The predicted molar refractivity (Wildman–Crippen MR) is 121 cm³/mol. The Hall–Kier alpha value is -2.76. The molecule has 0 spiro atoms. The number of nitrogens with zero attached hydrogens (tertiary/aromatic N) is 1. The van der Waals surface area contributed by atoms with Gasteiger partial charge in [-0.3, -0.25) is 4.79 Å². The Morgan fingerprint density at radius 3 is 2.38 bits per heavy atom. The molecule has 0 atom stereocenters. The van der Waals surface area contributed by atoms with Crippen LogP contribution in [0.15, 0.2) is 54.6 Å². The molecule has 0 aliphatic rings. The first-order valence-electron chi connectivity index (χ1n) is 9.17. The topological polar surface area (TPSA) is 94.0 Å². The number of benzene rings is 2. The van der Waals surface area contributed by atoms with Crippen LogP contribution in [0.25, 0.3) is 11.1 Å². The van der Waals surface area contributed by atoms with Crippen molar-refractivity contribution in [3.05, 3.63) is 70.9 Å². The van der Waals surface area contributed by atoms with Crippen molar-refractivity contribution in [2.45, 2.75) is 19.4 Å². The number of rotatable bonds is 8. The van der Waals surface area contributed by atoms with Gasteiger partial charge in [-0.1, -0.05) is 35.9 Å². The zero-order valence-electron chi connectivity index (χ0n) is 15.8. The number of nitrogen functional groups attached to an aromatic ring is 2. The summed E-state index contributed by atoms with van der Waals surface area (Å²) in [5.41, 5.74) is 17.2. The van der Waals surface area contributed by atoms with Gasteiger partial charge in [-0.05, 0) is 41.8 Å². The van der Waals surface area contributed by atoms with E-state index in [0.717, 1.165) is 28.1 Å². The van der Waals surface area contributed by atoms with Crippen molar-refractivity contribution in [2.24, 2.45) is 0 Å². The first kappa shape index (κ1) is 21.0. The average Bonchev–Trinajstić information content (AvgIpc) is 2.72. The van der Waals surface area contributed by atoms with E-state index in [2.05, 4.69) is 10.3 Å². The fourth-order valence-corrected chi connectivity index (χ4v) is 3.31. The quantitative estimate of drug-likeness (QED) is 0.442. The Labute approximate surface area is 180 Å². The van der Waals surface area contributed by atoms with E-state index in [-0.39, 0.29) is 11.7 Å². The molecule has 5 N–H and O–H groups in total. The Kier molecular flexibility index (Phi) is 6.96. The van der Waals surface area contributed by atoms with Gasteiger partial charge >= 0.3 is 0 Å². The maximum atomic E-state index is 11.4. The van der Waals surface area contributed by atoms with Gasteiger partial charge in [0.25, 0.3) is 0 Å². The second-order valence-corrected chi connectivity index (χ2v) is 7.39. The van der Waals surface area contributed by atoms with Gasteiger partial charge in [0, 0.05) is 34.4 Å². The summed E-state index contributed by atoms with van der Waals surface area (Å²) in [6.45, 7) is 0.456. The average molecular weight is 429 g/mol. The molecule has 0 aliphatic heterocycles. The summed E-state index contributed by atoms with van der Waals surface area (Å²) < 4.78 is 0. The molecule has 0 fully saturated rings. The summed E-state index contributed by atoms with van der Waals surface area (Å²) in [7, 11) is 0. The second-order valence-electron chi connectivity index (χ2n) is 6.69. The number of Topliss-reactive ketones (excluding diaryl/α,β-unsaturated/α-hetero) is 1. The summed E-state index contributed by atoms with van der Waals surface area (Å²) >= 11 is 11.5. The van der Waals surface area contributed by atoms with Crippen molar-refractivity contribution in [3.8, 4) is 11.1 Å². The molecule has 1 heterocycles. The van der Waals surface area contributed by atoms with Gasteiger partial charge in [-0.15, -0.1) is 11.6 Å². The molecule has 29 heavy (non-hydrogen) atoms. The standard InChI is InChI=1S/C22H22Cl2N4O/c23-12-18(29)10-3-14-1-8-17(9-2-14)27-13-20-22(19(25)11-21(26)28-20)15-4-6-16(24)7-5-15/h1-2,4-9,11,27H,3,10,12-13H2,(H4,25,26,28). The van der Waals surface area contributed by atoms with Crippen molar-refractivity contribution in [2.75, 3.05) is 22.7 Å². The number of carbonyl (C=O) groups is 1. The fraction of sp³-hybridized carbons (Fsp3) is 0.182. The molecule has 2 aromatic carbocycles. The fourth-order valence-electron chi connectivity index (χ4n) is 3.05. The zero-order chi connectivity index (χ0) is 20.8. The maximum Gasteiger partial charge on any atom is 0.147 e. The van der Waals surface area contributed by atoms with Crippen molar-refractivity contribution in [1.29, 1.82) is 0 Å². The summed E-state index contributed by atoms with van der Waals surface area (Å²) in [6, 6.07) is 17.0. The van der Waals surface area contributed by atoms with Crippen LogP contribution >= 0.6 is 23.2 Å². The second kappa shape index (κ2) is 9.63. The number of nitrogens with two attached hydrogens (primary N) is 2. The van der Waals surface area contributed by atoms with E-state index in [4.69, 9.17) is 34.7 Å². The van der Waals surface area contributed by atoms with Gasteiger partial charge in [0.05, 0.1) is 18.1 Å². The molecule has 150 valence electrons. The minimum absolute atomic E-state index is 0.0499. The minimum atomic E-state index is 0.0499. The van der Waals surface area contributed by atoms with Crippen LogP contribution in [0.5, 0.6) is 0 Å². The van der Waals surface area contributed by atoms with Crippen LogP contribution < -0.4 is 16.8 Å². The lowest BCUT2D eigenvalue weighted by atomic mass is 10.0. The van der Waals surface area contributed by atoms with E-state index in [0.29, 0.717) is 35.9 Å². The number of hydrogen-bond acceptors (Lipinski definition) is 5. The van der Waals surface area contributed by atoms with Crippen molar-refractivity contribution in [3.63, 3.8) is 0 Å². The minimum Gasteiger partial charge on any atom is -0.398 e. The smallest absolute Gasteiger partial charge is 0.147 e. The van der Waals surface area contributed by atoms with Gasteiger partial charge in [-0.25, -0.2) is 4.98 Å². The molecule has 0 bridgehead atoms.